The Hall–Kier alpha value is -1.05. The summed E-state index contributed by atoms with van der Waals surface area (Å²) < 4.78 is 5.59. The molecule has 1 heterocycles. The van der Waals surface area contributed by atoms with Gasteiger partial charge in [0.15, 0.2) is 0 Å². The van der Waals surface area contributed by atoms with Crippen molar-refractivity contribution < 1.29 is 4.74 Å². The maximum Gasteiger partial charge on any atom is 0.140 e. The highest BCUT2D eigenvalue weighted by Gasteiger charge is 2.23. The third-order valence-electron chi connectivity index (χ3n) is 1.78. The second kappa shape index (κ2) is 2.53. The fourth-order valence-corrected chi connectivity index (χ4v) is 0.959. The molecule has 0 radical (unpaired) electrons. The number of pyridine rings is 1. The van der Waals surface area contributed by atoms with Crippen molar-refractivity contribution in [3.05, 3.63) is 24.0 Å². The van der Waals surface area contributed by atoms with Crippen LogP contribution in [0.2, 0.25) is 0 Å². The number of aromatic nitrogens is 1. The van der Waals surface area contributed by atoms with Gasteiger partial charge in [0.05, 0.1) is 11.8 Å². The normalized spacial score (nSPS) is 16.5. The molecule has 1 aromatic rings. The fourth-order valence-electron chi connectivity index (χ4n) is 0.959. The standard InChI is InChI=1S/C9H11NO/c1-7-9(3-2-6-10-7)11-8-4-5-8/h2-3,6,8H,4-5H2,1H3. The number of aryl methyl sites for hydroxylation is 1. The molecule has 0 spiro atoms. The largest absolute Gasteiger partial charge is 0.489 e. The first kappa shape index (κ1) is 6.65. The van der Waals surface area contributed by atoms with Crippen LogP contribution in [-0.4, -0.2) is 11.1 Å². The van der Waals surface area contributed by atoms with Crippen LogP contribution in [0.3, 0.4) is 0 Å². The molecule has 0 bridgehead atoms. The zero-order valence-corrected chi connectivity index (χ0v) is 6.58. The van der Waals surface area contributed by atoms with Crippen LogP contribution in [0.5, 0.6) is 5.75 Å². The van der Waals surface area contributed by atoms with E-state index in [1.165, 1.54) is 12.8 Å². The summed E-state index contributed by atoms with van der Waals surface area (Å²) in [5.41, 5.74) is 0.986. The van der Waals surface area contributed by atoms with E-state index in [1.54, 1.807) is 6.20 Å². The van der Waals surface area contributed by atoms with E-state index in [-0.39, 0.29) is 0 Å². The van der Waals surface area contributed by atoms with Gasteiger partial charge in [-0.1, -0.05) is 0 Å². The molecule has 1 aliphatic carbocycles. The van der Waals surface area contributed by atoms with Gasteiger partial charge in [-0.3, -0.25) is 4.98 Å². The van der Waals surface area contributed by atoms with Gasteiger partial charge in [-0.2, -0.15) is 0 Å². The van der Waals surface area contributed by atoms with E-state index in [2.05, 4.69) is 4.98 Å². The monoisotopic (exact) mass is 149 g/mol. The smallest absolute Gasteiger partial charge is 0.140 e. The summed E-state index contributed by atoms with van der Waals surface area (Å²) in [7, 11) is 0. The van der Waals surface area contributed by atoms with Crippen molar-refractivity contribution in [3.8, 4) is 5.75 Å². The number of nitrogens with zero attached hydrogens (tertiary/aromatic N) is 1. The van der Waals surface area contributed by atoms with E-state index in [0.717, 1.165) is 11.4 Å². The van der Waals surface area contributed by atoms with E-state index < -0.39 is 0 Å². The molecule has 0 unspecified atom stereocenters. The van der Waals surface area contributed by atoms with Crippen LogP contribution >= 0.6 is 0 Å². The average Bonchev–Trinajstić information content (AvgIpc) is 2.78. The lowest BCUT2D eigenvalue weighted by atomic mass is 10.3. The first-order chi connectivity index (χ1) is 5.36. The van der Waals surface area contributed by atoms with Gasteiger partial charge in [-0.05, 0) is 31.9 Å². The number of rotatable bonds is 2. The average molecular weight is 149 g/mol. The summed E-state index contributed by atoms with van der Waals surface area (Å²) in [5, 5.41) is 0. The molecule has 0 aromatic carbocycles. The Bertz CT molecular complexity index is 255. The van der Waals surface area contributed by atoms with Crippen LogP contribution in [0, 0.1) is 6.92 Å². The molecule has 58 valence electrons. The Labute approximate surface area is 66.2 Å². The predicted octanol–water partition coefficient (Wildman–Crippen LogP) is 1.93. The molecule has 0 atom stereocenters. The van der Waals surface area contributed by atoms with Crippen molar-refractivity contribution in [2.45, 2.75) is 25.9 Å². The van der Waals surface area contributed by atoms with Gasteiger partial charge in [0, 0.05) is 6.20 Å². The SMILES string of the molecule is Cc1ncccc1OC1CC1. The molecule has 2 rings (SSSR count). The molecular formula is C9H11NO. The van der Waals surface area contributed by atoms with Crippen LogP contribution < -0.4 is 4.74 Å². The first-order valence-corrected chi connectivity index (χ1v) is 3.94. The summed E-state index contributed by atoms with van der Waals surface area (Å²) in [6.45, 7) is 1.97. The topological polar surface area (TPSA) is 22.1 Å². The zero-order chi connectivity index (χ0) is 7.68. The van der Waals surface area contributed by atoms with Gasteiger partial charge >= 0.3 is 0 Å². The van der Waals surface area contributed by atoms with Crippen LogP contribution in [0.15, 0.2) is 18.3 Å². The fraction of sp³-hybridized carbons (Fsp3) is 0.444. The lowest BCUT2D eigenvalue weighted by Crippen LogP contribution is -1.98. The van der Waals surface area contributed by atoms with Crippen molar-refractivity contribution in [2.24, 2.45) is 0 Å². The van der Waals surface area contributed by atoms with E-state index in [0.29, 0.717) is 6.10 Å². The minimum atomic E-state index is 0.470. The molecule has 0 saturated heterocycles. The van der Waals surface area contributed by atoms with Crippen LogP contribution in [0.25, 0.3) is 0 Å². The molecular weight excluding hydrogens is 138 g/mol. The highest BCUT2D eigenvalue weighted by molar-refractivity contribution is 5.25. The Kier molecular flexibility index (Phi) is 1.53. The molecule has 1 aliphatic rings. The molecule has 0 N–H and O–H groups in total. The maximum absolute atomic E-state index is 5.59. The predicted molar refractivity (Wildman–Crippen MR) is 42.6 cm³/mol. The number of hydrogen-bond donors (Lipinski definition) is 0. The second-order valence-electron chi connectivity index (χ2n) is 2.90. The minimum Gasteiger partial charge on any atom is -0.489 e. The highest BCUT2D eigenvalue weighted by atomic mass is 16.5. The van der Waals surface area contributed by atoms with Gasteiger partial charge in [0.25, 0.3) is 0 Å². The van der Waals surface area contributed by atoms with Crippen molar-refractivity contribution in [1.82, 2.24) is 4.98 Å². The lowest BCUT2D eigenvalue weighted by molar-refractivity contribution is 0.299. The third-order valence-corrected chi connectivity index (χ3v) is 1.78. The molecule has 1 aromatic heterocycles. The molecule has 0 amide bonds. The van der Waals surface area contributed by atoms with Crippen LogP contribution in [0.1, 0.15) is 18.5 Å². The molecule has 1 saturated carbocycles. The Morgan fingerprint density at radius 2 is 2.36 bits per heavy atom. The van der Waals surface area contributed by atoms with Gasteiger partial charge in [-0.25, -0.2) is 0 Å². The van der Waals surface area contributed by atoms with Crippen molar-refractivity contribution in [1.29, 1.82) is 0 Å². The quantitative estimate of drug-likeness (QED) is 0.641. The Morgan fingerprint density at radius 3 is 3.00 bits per heavy atom. The summed E-state index contributed by atoms with van der Waals surface area (Å²) in [6, 6.07) is 3.88. The summed E-state index contributed by atoms with van der Waals surface area (Å²) in [4.78, 5) is 4.13. The van der Waals surface area contributed by atoms with Gasteiger partial charge in [-0.15, -0.1) is 0 Å². The van der Waals surface area contributed by atoms with Gasteiger partial charge < -0.3 is 4.74 Å². The summed E-state index contributed by atoms with van der Waals surface area (Å²) >= 11 is 0. The van der Waals surface area contributed by atoms with E-state index in [1.807, 2.05) is 19.1 Å². The van der Waals surface area contributed by atoms with Crippen LogP contribution in [0.4, 0.5) is 0 Å². The zero-order valence-electron chi connectivity index (χ0n) is 6.58. The molecule has 2 heteroatoms. The number of hydrogen-bond acceptors (Lipinski definition) is 2. The van der Waals surface area contributed by atoms with E-state index in [4.69, 9.17) is 4.74 Å². The number of ether oxygens (including phenoxy) is 1. The molecule has 1 fully saturated rings. The maximum atomic E-state index is 5.59. The van der Waals surface area contributed by atoms with Crippen molar-refractivity contribution >= 4 is 0 Å². The van der Waals surface area contributed by atoms with E-state index in [9.17, 15) is 0 Å². The lowest BCUT2D eigenvalue weighted by Gasteiger charge is -2.05. The van der Waals surface area contributed by atoms with Crippen molar-refractivity contribution in [2.75, 3.05) is 0 Å². The molecule has 2 nitrogen and oxygen atoms in total. The highest BCUT2D eigenvalue weighted by Crippen LogP contribution is 2.27. The minimum absolute atomic E-state index is 0.470. The Morgan fingerprint density at radius 1 is 1.55 bits per heavy atom. The third kappa shape index (κ3) is 1.50. The van der Waals surface area contributed by atoms with E-state index >= 15 is 0 Å². The first-order valence-electron chi connectivity index (χ1n) is 3.94. The summed E-state index contributed by atoms with van der Waals surface area (Å²) in [6.07, 6.45) is 4.66. The molecule has 0 aliphatic heterocycles. The van der Waals surface area contributed by atoms with Crippen LogP contribution in [-0.2, 0) is 0 Å². The summed E-state index contributed by atoms with van der Waals surface area (Å²) in [5.74, 6) is 0.940. The second-order valence-corrected chi connectivity index (χ2v) is 2.90. The van der Waals surface area contributed by atoms with Crippen molar-refractivity contribution in [3.63, 3.8) is 0 Å². The Balaban J connectivity index is 2.15. The van der Waals surface area contributed by atoms with Gasteiger partial charge in [0.1, 0.15) is 5.75 Å². The van der Waals surface area contributed by atoms with Gasteiger partial charge in [0.2, 0.25) is 0 Å². The molecule has 11 heavy (non-hydrogen) atoms.